The lowest BCUT2D eigenvalue weighted by molar-refractivity contribution is -0.385. The van der Waals surface area contributed by atoms with Crippen molar-refractivity contribution in [3.63, 3.8) is 0 Å². The number of nitrogens with one attached hydrogen (secondary N) is 2. The molecular weight excluding hydrogens is 527 g/mol. The van der Waals surface area contributed by atoms with Crippen molar-refractivity contribution in [3.05, 3.63) is 52.1 Å². The predicted octanol–water partition coefficient (Wildman–Crippen LogP) is 1.58. The second-order valence-corrected chi connectivity index (χ2v) is 8.54. The highest BCUT2D eigenvalue weighted by molar-refractivity contribution is 5.83. The number of aliphatic hydroxyl groups is 2. The molecule has 0 spiro atoms. The number of hydrogen-bond acceptors (Lipinski definition) is 10. The molecule has 0 saturated carbocycles. The van der Waals surface area contributed by atoms with E-state index in [2.05, 4.69) is 32.1 Å². The topological polar surface area (TPSA) is 178 Å². The maximum Gasteiger partial charge on any atom is 0.471 e. The molecule has 2 unspecified atom stereocenters. The Morgan fingerprint density at radius 3 is 2.79 bits per heavy atom. The maximum absolute atomic E-state index is 12.2. The Morgan fingerprint density at radius 2 is 2.13 bits per heavy atom. The SMILES string of the molecule is CC(Nc1ncnc2c1ncn2[C@H]1CC(O)[C@@H](CO)O1)c1ccc(C#CCNC(=O)C(F)(F)F)cc1[N+](=O)[O-]. The molecule has 1 amide bonds. The van der Waals surface area contributed by atoms with Gasteiger partial charge in [-0.3, -0.25) is 19.5 Å². The molecule has 1 saturated heterocycles. The van der Waals surface area contributed by atoms with E-state index >= 15 is 0 Å². The van der Waals surface area contributed by atoms with E-state index in [9.17, 15) is 38.3 Å². The van der Waals surface area contributed by atoms with E-state index in [1.165, 1.54) is 30.9 Å². The van der Waals surface area contributed by atoms with Crippen molar-refractivity contribution >= 4 is 28.6 Å². The number of nitro benzene ring substituents is 1. The number of aliphatic hydroxyl groups excluding tert-OH is 2. The lowest BCUT2D eigenvalue weighted by atomic mass is 10.0. The van der Waals surface area contributed by atoms with Gasteiger partial charge >= 0.3 is 12.1 Å². The fraction of sp³-hybridized carbons (Fsp3) is 0.391. The van der Waals surface area contributed by atoms with E-state index in [0.29, 0.717) is 11.2 Å². The third-order valence-electron chi connectivity index (χ3n) is 5.93. The fourth-order valence-electron chi connectivity index (χ4n) is 4.02. The van der Waals surface area contributed by atoms with Gasteiger partial charge in [-0.15, -0.1) is 0 Å². The van der Waals surface area contributed by atoms with Gasteiger partial charge < -0.3 is 25.6 Å². The van der Waals surface area contributed by atoms with E-state index in [-0.39, 0.29) is 35.7 Å². The number of rotatable bonds is 7. The highest BCUT2D eigenvalue weighted by atomic mass is 19.4. The van der Waals surface area contributed by atoms with Gasteiger partial charge in [0.05, 0.1) is 42.1 Å². The first-order chi connectivity index (χ1) is 18.5. The molecule has 0 radical (unpaired) electrons. The molecule has 1 aromatic carbocycles. The molecule has 4 atom stereocenters. The summed E-state index contributed by atoms with van der Waals surface area (Å²) >= 11 is 0. The minimum Gasteiger partial charge on any atom is -0.394 e. The Bertz CT molecular complexity index is 1450. The summed E-state index contributed by atoms with van der Waals surface area (Å²) in [7, 11) is 0. The van der Waals surface area contributed by atoms with Gasteiger partial charge in [0.1, 0.15) is 18.7 Å². The van der Waals surface area contributed by atoms with E-state index < -0.39 is 48.0 Å². The number of anilines is 1. The Kier molecular flexibility index (Phi) is 7.95. The zero-order valence-corrected chi connectivity index (χ0v) is 20.2. The molecule has 0 aliphatic carbocycles. The molecule has 39 heavy (non-hydrogen) atoms. The van der Waals surface area contributed by atoms with Gasteiger partial charge in [0.15, 0.2) is 17.0 Å². The lowest BCUT2D eigenvalue weighted by Gasteiger charge is -2.16. The number of ether oxygens (including phenoxy) is 1. The average Bonchev–Trinajstić information content (AvgIpc) is 3.49. The molecular formula is C23H22F3N7O6. The number of fused-ring (bicyclic) bond motifs is 1. The summed E-state index contributed by atoms with van der Waals surface area (Å²) in [5.74, 6) is 2.96. The first kappa shape index (κ1) is 27.7. The minimum atomic E-state index is -5.03. The molecule has 16 heteroatoms. The van der Waals surface area contributed by atoms with Crippen LogP contribution in [0, 0.1) is 22.0 Å². The zero-order valence-electron chi connectivity index (χ0n) is 20.2. The van der Waals surface area contributed by atoms with E-state index in [1.807, 2.05) is 0 Å². The van der Waals surface area contributed by atoms with Crippen molar-refractivity contribution in [2.75, 3.05) is 18.5 Å². The minimum absolute atomic E-state index is 0.169. The monoisotopic (exact) mass is 549 g/mol. The fourth-order valence-corrected chi connectivity index (χ4v) is 4.02. The number of benzene rings is 1. The maximum atomic E-state index is 12.2. The molecule has 13 nitrogen and oxygen atoms in total. The first-order valence-electron chi connectivity index (χ1n) is 11.5. The Morgan fingerprint density at radius 1 is 1.36 bits per heavy atom. The van der Waals surface area contributed by atoms with Crippen LogP contribution in [-0.4, -0.2) is 72.1 Å². The number of imidazole rings is 1. The molecule has 1 fully saturated rings. The molecule has 0 bridgehead atoms. The Labute approximate surface area is 218 Å². The van der Waals surface area contributed by atoms with Crippen molar-refractivity contribution in [3.8, 4) is 11.8 Å². The van der Waals surface area contributed by atoms with Gasteiger partial charge in [-0.25, -0.2) is 15.0 Å². The predicted molar refractivity (Wildman–Crippen MR) is 128 cm³/mol. The van der Waals surface area contributed by atoms with Gasteiger partial charge in [0.2, 0.25) is 0 Å². The third-order valence-corrected chi connectivity index (χ3v) is 5.93. The first-order valence-corrected chi connectivity index (χ1v) is 11.5. The van der Waals surface area contributed by atoms with Gasteiger partial charge in [0, 0.05) is 18.1 Å². The number of aromatic nitrogens is 4. The number of halogens is 3. The van der Waals surface area contributed by atoms with Crippen molar-refractivity contribution in [1.82, 2.24) is 24.8 Å². The summed E-state index contributed by atoms with van der Waals surface area (Å²) in [6, 6.07) is 3.44. The molecule has 3 aromatic rings. The zero-order chi connectivity index (χ0) is 28.3. The molecule has 4 rings (SSSR count). The number of hydrogen-bond donors (Lipinski definition) is 4. The molecule has 1 aliphatic rings. The lowest BCUT2D eigenvalue weighted by Crippen LogP contribution is -2.36. The van der Waals surface area contributed by atoms with Crippen LogP contribution in [0.4, 0.5) is 24.7 Å². The largest absolute Gasteiger partial charge is 0.471 e. The molecule has 2 aromatic heterocycles. The number of carbonyl (C=O) groups is 1. The van der Waals surface area contributed by atoms with Crippen LogP contribution in [0.2, 0.25) is 0 Å². The van der Waals surface area contributed by atoms with Crippen LogP contribution in [0.25, 0.3) is 11.2 Å². The number of carbonyl (C=O) groups excluding carboxylic acids is 1. The smallest absolute Gasteiger partial charge is 0.394 e. The van der Waals surface area contributed by atoms with Crippen molar-refractivity contribution < 1.29 is 37.8 Å². The summed E-state index contributed by atoms with van der Waals surface area (Å²) in [6.45, 7) is 0.725. The van der Waals surface area contributed by atoms with Crippen molar-refractivity contribution in [1.29, 1.82) is 0 Å². The third kappa shape index (κ3) is 6.06. The standard InChI is InChI=1S/C23H22F3N7O6/c1-12(14-5-4-13(7-15(14)33(37)38)3-2-6-27-22(36)23(24,25)26)31-20-19-21(29-10-28-20)32(11-30-19)18-8-16(35)17(9-34)39-18/h4-5,7,10-12,16-18,34-35H,6,8-9H2,1H3,(H,27,36)(H,28,29,31)/t12?,16?,17-,18-/m1/s1. The quantitative estimate of drug-likeness (QED) is 0.192. The van der Waals surface area contributed by atoms with Crippen LogP contribution in [0.3, 0.4) is 0 Å². The van der Waals surface area contributed by atoms with Gasteiger partial charge in [0.25, 0.3) is 5.69 Å². The Balaban J connectivity index is 1.52. The van der Waals surface area contributed by atoms with Crippen LogP contribution in [0.5, 0.6) is 0 Å². The van der Waals surface area contributed by atoms with Crippen LogP contribution < -0.4 is 10.6 Å². The molecule has 3 heterocycles. The summed E-state index contributed by atoms with van der Waals surface area (Å²) < 4.78 is 44.0. The normalized spacial score (nSPS) is 19.8. The average molecular weight is 549 g/mol. The number of amides is 1. The van der Waals surface area contributed by atoms with Gasteiger partial charge in [-0.1, -0.05) is 11.8 Å². The summed E-state index contributed by atoms with van der Waals surface area (Å²) in [4.78, 5) is 34.7. The second-order valence-electron chi connectivity index (χ2n) is 8.54. The van der Waals surface area contributed by atoms with Crippen molar-refractivity contribution in [2.24, 2.45) is 0 Å². The van der Waals surface area contributed by atoms with Crippen molar-refractivity contribution in [2.45, 2.75) is 44.0 Å². The summed E-state index contributed by atoms with van der Waals surface area (Å²) in [5.41, 5.74) is 0.881. The van der Waals surface area contributed by atoms with E-state index in [1.54, 1.807) is 16.8 Å². The highest BCUT2D eigenvalue weighted by Gasteiger charge is 2.38. The number of nitrogens with zero attached hydrogens (tertiary/aromatic N) is 5. The van der Waals surface area contributed by atoms with E-state index in [0.717, 1.165) is 0 Å². The molecule has 206 valence electrons. The van der Waals surface area contributed by atoms with Crippen LogP contribution in [-0.2, 0) is 9.53 Å². The number of alkyl halides is 3. The Hall–Kier alpha value is -4.33. The van der Waals surface area contributed by atoms with Crippen LogP contribution in [0.1, 0.15) is 36.7 Å². The second kappa shape index (κ2) is 11.2. The van der Waals surface area contributed by atoms with E-state index in [4.69, 9.17) is 4.74 Å². The van der Waals surface area contributed by atoms with Crippen LogP contribution in [0.15, 0.2) is 30.9 Å². The highest BCUT2D eigenvalue weighted by Crippen LogP contribution is 2.33. The van der Waals surface area contributed by atoms with Gasteiger partial charge in [-0.2, -0.15) is 13.2 Å². The molecule has 4 N–H and O–H groups in total. The summed E-state index contributed by atoms with van der Waals surface area (Å²) in [5, 5.41) is 35.8. The molecule has 1 aliphatic heterocycles. The number of nitro groups is 1. The van der Waals surface area contributed by atoms with Crippen LogP contribution >= 0.6 is 0 Å². The van der Waals surface area contributed by atoms with Gasteiger partial charge in [-0.05, 0) is 19.1 Å². The summed E-state index contributed by atoms with van der Waals surface area (Å²) in [6.07, 6.45) is -4.29.